The van der Waals surface area contributed by atoms with Gasteiger partial charge in [-0.3, -0.25) is 4.79 Å². The predicted molar refractivity (Wildman–Crippen MR) is 129 cm³/mol. The molecule has 1 fully saturated rings. The van der Waals surface area contributed by atoms with Crippen molar-refractivity contribution in [1.29, 1.82) is 0 Å². The van der Waals surface area contributed by atoms with E-state index in [-0.39, 0.29) is 23.9 Å². The van der Waals surface area contributed by atoms with Gasteiger partial charge in [-0.1, -0.05) is 11.8 Å². The molecular formula is C22H27N5O2S2. The van der Waals surface area contributed by atoms with Gasteiger partial charge in [0.15, 0.2) is 5.16 Å². The molecule has 3 heterocycles. The van der Waals surface area contributed by atoms with Crippen molar-refractivity contribution < 1.29 is 9.53 Å². The number of carbonyl (C=O) groups excluding carboxylic acids is 1. The highest BCUT2D eigenvalue weighted by atomic mass is 32.2. The number of fused-ring (bicyclic) bond motifs is 1. The average Bonchev–Trinajstić information content (AvgIpc) is 3.00. The van der Waals surface area contributed by atoms with Gasteiger partial charge in [-0.05, 0) is 57.5 Å². The maximum Gasteiger partial charge on any atom is 0.234 e. The number of morpholine rings is 1. The maximum atomic E-state index is 12.4. The first-order valence-electron chi connectivity index (χ1n) is 10.3. The summed E-state index contributed by atoms with van der Waals surface area (Å²) in [5.74, 6) is 0.582. The van der Waals surface area contributed by atoms with Crippen molar-refractivity contribution in [3.8, 4) is 0 Å². The fourth-order valence-corrected chi connectivity index (χ4v) is 5.54. The first-order valence-corrected chi connectivity index (χ1v) is 12.1. The molecule has 0 radical (unpaired) electrons. The quantitative estimate of drug-likeness (QED) is 0.437. The van der Waals surface area contributed by atoms with Crippen molar-refractivity contribution in [2.45, 2.75) is 45.1 Å². The number of hydrogen-bond donors (Lipinski definition) is 2. The van der Waals surface area contributed by atoms with E-state index in [0.717, 1.165) is 40.2 Å². The summed E-state index contributed by atoms with van der Waals surface area (Å²) >= 11 is 2.89. The number of aromatic nitrogens is 2. The lowest BCUT2D eigenvalue weighted by Crippen LogP contribution is -2.45. The summed E-state index contributed by atoms with van der Waals surface area (Å²) in [6, 6.07) is 7.93. The summed E-state index contributed by atoms with van der Waals surface area (Å²) in [5, 5.41) is 4.38. The summed E-state index contributed by atoms with van der Waals surface area (Å²) in [6.45, 7) is 9.98. The van der Waals surface area contributed by atoms with E-state index in [1.54, 1.807) is 11.3 Å². The van der Waals surface area contributed by atoms with Crippen LogP contribution in [0.25, 0.3) is 10.2 Å². The molecule has 0 saturated carbocycles. The van der Waals surface area contributed by atoms with Crippen molar-refractivity contribution in [2.75, 3.05) is 34.8 Å². The van der Waals surface area contributed by atoms with Crippen molar-refractivity contribution in [1.82, 2.24) is 9.97 Å². The molecule has 164 valence electrons. The highest BCUT2D eigenvalue weighted by Crippen LogP contribution is 2.33. The van der Waals surface area contributed by atoms with E-state index < -0.39 is 0 Å². The van der Waals surface area contributed by atoms with Crippen molar-refractivity contribution in [3.05, 3.63) is 34.7 Å². The van der Waals surface area contributed by atoms with Crippen LogP contribution in [0.3, 0.4) is 0 Å². The zero-order valence-corrected chi connectivity index (χ0v) is 19.8. The summed E-state index contributed by atoms with van der Waals surface area (Å²) < 4.78 is 5.80. The van der Waals surface area contributed by atoms with Crippen molar-refractivity contribution in [3.63, 3.8) is 0 Å². The van der Waals surface area contributed by atoms with E-state index in [9.17, 15) is 4.79 Å². The molecule has 0 aliphatic carbocycles. The maximum absolute atomic E-state index is 12.4. The molecule has 7 nitrogen and oxygen atoms in total. The zero-order chi connectivity index (χ0) is 22.1. The number of nitrogens with zero attached hydrogens (tertiary/aromatic N) is 3. The monoisotopic (exact) mass is 457 g/mol. The Bertz CT molecular complexity index is 1090. The molecule has 3 aromatic rings. The van der Waals surface area contributed by atoms with Crippen molar-refractivity contribution in [2.24, 2.45) is 0 Å². The third-order valence-electron chi connectivity index (χ3n) is 5.30. The molecule has 1 aromatic carbocycles. The number of rotatable bonds is 5. The third-order valence-corrected chi connectivity index (χ3v) is 7.25. The van der Waals surface area contributed by atoms with Gasteiger partial charge in [0.1, 0.15) is 10.6 Å². The van der Waals surface area contributed by atoms with Crippen LogP contribution < -0.4 is 16.0 Å². The Morgan fingerprint density at radius 3 is 2.58 bits per heavy atom. The number of thioether (sulfide) groups is 1. The molecule has 0 bridgehead atoms. The number of nitrogens with two attached hydrogens (primary N) is 1. The number of nitrogen functional groups attached to an aromatic ring is 1. The van der Waals surface area contributed by atoms with Gasteiger partial charge in [0.05, 0.1) is 23.3 Å². The molecule has 4 rings (SSSR count). The Hall–Kier alpha value is -2.36. The van der Waals surface area contributed by atoms with Gasteiger partial charge in [0.25, 0.3) is 0 Å². The lowest BCUT2D eigenvalue weighted by Gasteiger charge is -2.36. The minimum Gasteiger partial charge on any atom is -0.383 e. The summed E-state index contributed by atoms with van der Waals surface area (Å²) in [4.78, 5) is 25.7. The number of hydrogen-bond acceptors (Lipinski definition) is 8. The summed E-state index contributed by atoms with van der Waals surface area (Å²) in [7, 11) is 0. The lowest BCUT2D eigenvalue weighted by atomic mass is 10.2. The number of anilines is 3. The fourth-order valence-electron chi connectivity index (χ4n) is 3.80. The van der Waals surface area contributed by atoms with Crippen LogP contribution in [-0.4, -0.2) is 46.9 Å². The van der Waals surface area contributed by atoms with Crippen LogP contribution in [0.5, 0.6) is 0 Å². The predicted octanol–water partition coefficient (Wildman–Crippen LogP) is 4.23. The Labute approximate surface area is 190 Å². The topological polar surface area (TPSA) is 93.4 Å². The molecule has 2 aromatic heterocycles. The number of benzene rings is 1. The second-order valence-corrected chi connectivity index (χ2v) is 10.0. The second kappa shape index (κ2) is 9.02. The Morgan fingerprint density at radius 2 is 1.90 bits per heavy atom. The Morgan fingerprint density at radius 1 is 1.23 bits per heavy atom. The molecule has 0 spiro atoms. The van der Waals surface area contributed by atoms with Gasteiger partial charge in [-0.2, -0.15) is 0 Å². The standard InChI is InChI=1S/C22H27N5O2S2/c1-12-9-27(10-13(2)29-12)17-7-5-16(6-8-17)24-18(28)11-30-22-25-20(23)19-14(3)15(4)31-21(19)26-22/h5-8,12-13H,9-11H2,1-4H3,(H,24,28)(H2,23,25,26). The fraction of sp³-hybridized carbons (Fsp3) is 0.409. The number of thiophene rings is 1. The molecule has 3 N–H and O–H groups in total. The van der Waals surface area contributed by atoms with Gasteiger partial charge >= 0.3 is 0 Å². The van der Waals surface area contributed by atoms with Gasteiger partial charge in [-0.15, -0.1) is 11.3 Å². The minimum atomic E-state index is -0.104. The smallest absolute Gasteiger partial charge is 0.234 e. The minimum absolute atomic E-state index is 0.104. The highest BCUT2D eigenvalue weighted by Gasteiger charge is 2.22. The van der Waals surface area contributed by atoms with Crippen LogP contribution in [0.2, 0.25) is 0 Å². The molecule has 9 heteroatoms. The van der Waals surface area contributed by atoms with E-state index in [1.165, 1.54) is 16.6 Å². The van der Waals surface area contributed by atoms with Crippen molar-refractivity contribution >= 4 is 56.4 Å². The number of aryl methyl sites for hydroxylation is 2. The highest BCUT2D eigenvalue weighted by molar-refractivity contribution is 7.99. The van der Waals surface area contributed by atoms with Gasteiger partial charge in [0.2, 0.25) is 5.91 Å². The SMILES string of the molecule is Cc1sc2nc(SCC(=O)Nc3ccc(N4CC(C)OC(C)C4)cc3)nc(N)c2c1C. The van der Waals surface area contributed by atoms with Gasteiger partial charge in [0, 0.05) is 29.3 Å². The molecule has 1 aliphatic rings. The second-order valence-electron chi connectivity index (χ2n) is 7.90. The van der Waals surface area contributed by atoms with Crippen LogP contribution in [-0.2, 0) is 9.53 Å². The normalized spacial score (nSPS) is 19.0. The van der Waals surface area contributed by atoms with E-state index in [1.807, 2.05) is 38.1 Å². The molecule has 1 amide bonds. The Kier molecular flexibility index (Phi) is 6.36. The van der Waals surface area contributed by atoms with E-state index in [0.29, 0.717) is 11.0 Å². The molecule has 1 aliphatic heterocycles. The third kappa shape index (κ3) is 4.94. The first-order chi connectivity index (χ1) is 14.8. The van der Waals surface area contributed by atoms with Crippen LogP contribution in [0.15, 0.2) is 29.4 Å². The van der Waals surface area contributed by atoms with E-state index >= 15 is 0 Å². The molecule has 1 saturated heterocycles. The van der Waals surface area contributed by atoms with Crippen LogP contribution >= 0.6 is 23.1 Å². The number of amides is 1. The zero-order valence-electron chi connectivity index (χ0n) is 18.1. The summed E-state index contributed by atoms with van der Waals surface area (Å²) in [6.07, 6.45) is 0.412. The average molecular weight is 458 g/mol. The van der Waals surface area contributed by atoms with E-state index in [4.69, 9.17) is 10.5 Å². The summed E-state index contributed by atoms with van der Waals surface area (Å²) in [5.41, 5.74) is 9.15. The molecule has 31 heavy (non-hydrogen) atoms. The Balaban J connectivity index is 1.35. The molecular weight excluding hydrogens is 430 g/mol. The first kappa shape index (κ1) is 21.9. The number of carbonyl (C=O) groups is 1. The van der Waals surface area contributed by atoms with Crippen LogP contribution in [0, 0.1) is 13.8 Å². The number of ether oxygens (including phenoxy) is 1. The molecule has 2 unspecified atom stereocenters. The number of nitrogens with one attached hydrogen (secondary N) is 1. The van der Waals surface area contributed by atoms with Gasteiger partial charge in [-0.25, -0.2) is 9.97 Å². The molecule has 2 atom stereocenters. The largest absolute Gasteiger partial charge is 0.383 e. The lowest BCUT2D eigenvalue weighted by molar-refractivity contribution is -0.113. The van der Waals surface area contributed by atoms with E-state index in [2.05, 4.69) is 34.0 Å². The van der Waals surface area contributed by atoms with Gasteiger partial charge < -0.3 is 20.7 Å². The van der Waals surface area contributed by atoms with Crippen LogP contribution in [0.1, 0.15) is 24.3 Å². The van der Waals surface area contributed by atoms with Crippen LogP contribution in [0.4, 0.5) is 17.2 Å².